The molecule has 0 radical (unpaired) electrons. The van der Waals surface area contributed by atoms with Crippen LogP contribution in [0.1, 0.15) is 18.3 Å². The summed E-state index contributed by atoms with van der Waals surface area (Å²) < 4.78 is 20.7. The van der Waals surface area contributed by atoms with Crippen LogP contribution in [-0.4, -0.2) is 14.8 Å². The molecule has 3 aromatic rings. The van der Waals surface area contributed by atoms with Crippen LogP contribution in [0.4, 0.5) is 4.39 Å². The SMILES string of the molecule is CCn1c(COc2ccccc2)nnc1SCc1ccc(F)cc1. The van der Waals surface area contributed by atoms with Crippen LogP contribution in [0.2, 0.25) is 0 Å². The maximum Gasteiger partial charge on any atom is 0.191 e. The summed E-state index contributed by atoms with van der Waals surface area (Å²) >= 11 is 1.58. The second-order valence-corrected chi connectivity index (χ2v) is 6.10. The lowest BCUT2D eigenvalue weighted by Crippen LogP contribution is -2.07. The van der Waals surface area contributed by atoms with E-state index < -0.39 is 0 Å². The Morgan fingerprint density at radius 3 is 2.50 bits per heavy atom. The highest BCUT2D eigenvalue weighted by molar-refractivity contribution is 7.98. The van der Waals surface area contributed by atoms with Crippen molar-refractivity contribution in [2.75, 3.05) is 0 Å². The predicted molar refractivity (Wildman–Crippen MR) is 92.4 cm³/mol. The van der Waals surface area contributed by atoms with Crippen LogP contribution in [0.15, 0.2) is 59.8 Å². The molecule has 0 fully saturated rings. The van der Waals surface area contributed by atoms with Crippen molar-refractivity contribution >= 4 is 11.8 Å². The van der Waals surface area contributed by atoms with Gasteiger partial charge in [-0.05, 0) is 36.8 Å². The smallest absolute Gasteiger partial charge is 0.191 e. The molecule has 0 bridgehead atoms. The summed E-state index contributed by atoms with van der Waals surface area (Å²) in [6.45, 7) is 3.20. The summed E-state index contributed by atoms with van der Waals surface area (Å²) in [5.74, 6) is 2.10. The zero-order chi connectivity index (χ0) is 16.8. The third-order valence-corrected chi connectivity index (χ3v) is 4.54. The number of aromatic nitrogens is 3. The number of halogens is 1. The number of nitrogens with zero attached hydrogens (tertiary/aromatic N) is 3. The van der Waals surface area contributed by atoms with Gasteiger partial charge in [-0.3, -0.25) is 0 Å². The lowest BCUT2D eigenvalue weighted by Gasteiger charge is -2.08. The molecule has 124 valence electrons. The molecule has 0 saturated carbocycles. The van der Waals surface area contributed by atoms with Crippen molar-refractivity contribution in [1.29, 1.82) is 0 Å². The van der Waals surface area contributed by atoms with Crippen LogP contribution in [0.3, 0.4) is 0 Å². The van der Waals surface area contributed by atoms with Gasteiger partial charge >= 0.3 is 0 Å². The molecule has 0 unspecified atom stereocenters. The monoisotopic (exact) mass is 343 g/mol. The molecular formula is C18H18FN3OS. The average molecular weight is 343 g/mol. The van der Waals surface area contributed by atoms with Crippen molar-refractivity contribution in [2.45, 2.75) is 31.0 Å². The van der Waals surface area contributed by atoms with E-state index in [9.17, 15) is 4.39 Å². The van der Waals surface area contributed by atoms with Crippen molar-refractivity contribution in [2.24, 2.45) is 0 Å². The van der Waals surface area contributed by atoms with Crippen molar-refractivity contribution in [1.82, 2.24) is 14.8 Å². The first-order valence-electron chi connectivity index (χ1n) is 7.73. The van der Waals surface area contributed by atoms with Gasteiger partial charge in [0.2, 0.25) is 0 Å². The Balaban J connectivity index is 1.64. The highest BCUT2D eigenvalue weighted by Gasteiger charge is 2.12. The first-order chi connectivity index (χ1) is 11.8. The Morgan fingerprint density at radius 1 is 1.04 bits per heavy atom. The third-order valence-electron chi connectivity index (χ3n) is 3.50. The highest BCUT2D eigenvalue weighted by Crippen LogP contribution is 2.22. The van der Waals surface area contributed by atoms with Gasteiger partial charge in [0, 0.05) is 12.3 Å². The molecule has 0 aliphatic heterocycles. The van der Waals surface area contributed by atoms with Gasteiger partial charge in [0.05, 0.1) is 0 Å². The number of thioether (sulfide) groups is 1. The van der Waals surface area contributed by atoms with E-state index in [0.717, 1.165) is 34.6 Å². The van der Waals surface area contributed by atoms with Gasteiger partial charge in [-0.25, -0.2) is 4.39 Å². The van der Waals surface area contributed by atoms with Gasteiger partial charge in [-0.15, -0.1) is 10.2 Å². The number of rotatable bonds is 7. The Labute approximate surface area is 144 Å². The molecule has 0 amide bonds. The molecule has 0 saturated heterocycles. The Bertz CT molecular complexity index is 775. The molecule has 6 heteroatoms. The fourth-order valence-electron chi connectivity index (χ4n) is 2.24. The first kappa shape index (κ1) is 16.5. The van der Waals surface area contributed by atoms with E-state index in [-0.39, 0.29) is 5.82 Å². The molecule has 2 aromatic carbocycles. The van der Waals surface area contributed by atoms with Gasteiger partial charge in [-0.2, -0.15) is 0 Å². The number of hydrogen-bond donors (Lipinski definition) is 0. The van der Waals surface area contributed by atoms with E-state index in [1.165, 1.54) is 12.1 Å². The summed E-state index contributed by atoms with van der Waals surface area (Å²) in [5.41, 5.74) is 1.05. The van der Waals surface area contributed by atoms with Gasteiger partial charge < -0.3 is 9.30 Å². The normalized spacial score (nSPS) is 10.8. The molecule has 0 N–H and O–H groups in total. The summed E-state index contributed by atoms with van der Waals surface area (Å²) in [7, 11) is 0. The van der Waals surface area contributed by atoms with E-state index in [1.54, 1.807) is 23.9 Å². The quantitative estimate of drug-likeness (QED) is 0.599. The molecule has 0 aliphatic carbocycles. The lowest BCUT2D eigenvalue weighted by atomic mass is 10.2. The molecule has 0 atom stereocenters. The Kier molecular flexibility index (Phi) is 5.48. The van der Waals surface area contributed by atoms with E-state index in [0.29, 0.717) is 6.61 Å². The summed E-state index contributed by atoms with van der Waals surface area (Å²) in [6, 6.07) is 16.2. The number of hydrogen-bond acceptors (Lipinski definition) is 4. The Morgan fingerprint density at radius 2 is 1.79 bits per heavy atom. The fraction of sp³-hybridized carbons (Fsp3) is 0.222. The molecule has 0 aliphatic rings. The lowest BCUT2D eigenvalue weighted by molar-refractivity contribution is 0.288. The summed E-state index contributed by atoms with van der Waals surface area (Å²) in [5, 5.41) is 9.33. The molecular weight excluding hydrogens is 325 g/mol. The standard InChI is InChI=1S/C18H18FN3OS/c1-2-22-17(12-23-16-6-4-3-5-7-16)20-21-18(22)24-13-14-8-10-15(19)11-9-14/h3-11H,2,12-13H2,1H3. The van der Waals surface area contributed by atoms with Gasteiger partial charge in [0.25, 0.3) is 0 Å². The predicted octanol–water partition coefficient (Wildman–Crippen LogP) is 4.31. The van der Waals surface area contributed by atoms with Gasteiger partial charge in [0.15, 0.2) is 11.0 Å². The highest BCUT2D eigenvalue weighted by atomic mass is 32.2. The minimum absolute atomic E-state index is 0.221. The second kappa shape index (κ2) is 7.97. The van der Waals surface area contributed by atoms with Crippen molar-refractivity contribution < 1.29 is 9.13 Å². The van der Waals surface area contributed by atoms with Crippen molar-refractivity contribution in [3.8, 4) is 5.75 Å². The topological polar surface area (TPSA) is 39.9 Å². The van der Waals surface area contributed by atoms with E-state index in [4.69, 9.17) is 4.74 Å². The molecule has 1 heterocycles. The number of ether oxygens (including phenoxy) is 1. The van der Waals surface area contributed by atoms with Gasteiger partial charge in [-0.1, -0.05) is 42.1 Å². The van der Waals surface area contributed by atoms with Crippen LogP contribution < -0.4 is 4.74 Å². The van der Waals surface area contributed by atoms with Crippen molar-refractivity contribution in [3.63, 3.8) is 0 Å². The minimum atomic E-state index is -0.221. The zero-order valence-electron chi connectivity index (χ0n) is 13.4. The van der Waals surface area contributed by atoms with Crippen LogP contribution in [-0.2, 0) is 18.9 Å². The summed E-state index contributed by atoms with van der Waals surface area (Å²) in [4.78, 5) is 0. The van der Waals surface area contributed by atoms with Crippen LogP contribution in [0.5, 0.6) is 5.75 Å². The molecule has 1 aromatic heterocycles. The molecule has 24 heavy (non-hydrogen) atoms. The second-order valence-electron chi connectivity index (χ2n) is 5.16. The zero-order valence-corrected chi connectivity index (χ0v) is 14.2. The van der Waals surface area contributed by atoms with E-state index >= 15 is 0 Å². The number of para-hydroxylation sites is 1. The fourth-order valence-corrected chi connectivity index (χ4v) is 3.22. The third kappa shape index (κ3) is 4.14. The van der Waals surface area contributed by atoms with Crippen LogP contribution in [0.25, 0.3) is 0 Å². The number of benzene rings is 2. The molecule has 0 spiro atoms. The first-order valence-corrected chi connectivity index (χ1v) is 8.72. The largest absolute Gasteiger partial charge is 0.486 e. The van der Waals surface area contributed by atoms with Crippen LogP contribution in [0, 0.1) is 5.82 Å². The van der Waals surface area contributed by atoms with E-state index in [2.05, 4.69) is 17.1 Å². The van der Waals surface area contributed by atoms with Crippen LogP contribution >= 0.6 is 11.8 Å². The molecule has 4 nitrogen and oxygen atoms in total. The maximum atomic E-state index is 12.9. The van der Waals surface area contributed by atoms with Gasteiger partial charge in [0.1, 0.15) is 18.2 Å². The minimum Gasteiger partial charge on any atom is -0.486 e. The maximum absolute atomic E-state index is 12.9. The Hall–Kier alpha value is -2.34. The molecule has 3 rings (SSSR count). The summed E-state index contributed by atoms with van der Waals surface area (Å²) in [6.07, 6.45) is 0. The average Bonchev–Trinajstić information content (AvgIpc) is 3.02. The van der Waals surface area contributed by atoms with Crippen molar-refractivity contribution in [3.05, 3.63) is 71.8 Å². The van der Waals surface area contributed by atoms with E-state index in [1.807, 2.05) is 34.9 Å².